The minimum absolute atomic E-state index is 0.0903. The standard InChI is InChI=1S/C22H35N7O5/c1-13(2)18(23)20(32)27-12-17(30)28-16(11-14-7-4-3-5-8-14)19(31)29-15(21(33)34)9-6-10-26-22(24)25/h3-5,7-8,13,15-16,18H,6,9-12,23H2,1-2H3,(H,27,32)(H,28,30)(H,29,31)(H,33,34)(H4,24,25,26). The number of amides is 3. The maximum atomic E-state index is 12.9. The van der Waals surface area contributed by atoms with Gasteiger partial charge in [0.05, 0.1) is 12.6 Å². The number of nitrogens with two attached hydrogens (primary N) is 3. The monoisotopic (exact) mass is 477 g/mol. The molecule has 34 heavy (non-hydrogen) atoms. The molecule has 0 spiro atoms. The molecule has 0 aliphatic heterocycles. The summed E-state index contributed by atoms with van der Waals surface area (Å²) in [6, 6.07) is 5.89. The predicted octanol–water partition coefficient (Wildman–Crippen LogP) is -1.56. The molecule has 0 aromatic heterocycles. The van der Waals surface area contributed by atoms with E-state index in [1.165, 1.54) is 0 Å². The van der Waals surface area contributed by atoms with Gasteiger partial charge >= 0.3 is 5.97 Å². The van der Waals surface area contributed by atoms with Crippen molar-refractivity contribution in [2.45, 2.75) is 51.2 Å². The average molecular weight is 478 g/mol. The number of hydrogen-bond acceptors (Lipinski definition) is 6. The number of aliphatic carboxylic acids is 1. The Kier molecular flexibility index (Phi) is 12.1. The van der Waals surface area contributed by atoms with Crippen LogP contribution in [-0.4, -0.2) is 66.0 Å². The van der Waals surface area contributed by atoms with E-state index < -0.39 is 41.8 Å². The molecule has 12 nitrogen and oxygen atoms in total. The molecule has 3 amide bonds. The van der Waals surface area contributed by atoms with Crippen LogP contribution >= 0.6 is 0 Å². The van der Waals surface area contributed by atoms with Crippen molar-refractivity contribution in [3.8, 4) is 0 Å². The Labute approximate surface area is 198 Å². The lowest BCUT2D eigenvalue weighted by Gasteiger charge is -2.22. The van der Waals surface area contributed by atoms with Gasteiger partial charge in [0.15, 0.2) is 5.96 Å². The van der Waals surface area contributed by atoms with Gasteiger partial charge in [0.1, 0.15) is 12.1 Å². The predicted molar refractivity (Wildman–Crippen MR) is 127 cm³/mol. The lowest BCUT2D eigenvalue weighted by Crippen LogP contribution is -2.54. The third-order valence-corrected chi connectivity index (χ3v) is 4.94. The van der Waals surface area contributed by atoms with E-state index in [2.05, 4.69) is 20.9 Å². The first-order valence-corrected chi connectivity index (χ1v) is 11.0. The largest absolute Gasteiger partial charge is 0.480 e. The fourth-order valence-corrected chi connectivity index (χ4v) is 2.93. The number of guanidine groups is 1. The van der Waals surface area contributed by atoms with Crippen LogP contribution in [0.3, 0.4) is 0 Å². The van der Waals surface area contributed by atoms with Crippen molar-refractivity contribution in [1.82, 2.24) is 16.0 Å². The van der Waals surface area contributed by atoms with Gasteiger partial charge in [0.25, 0.3) is 0 Å². The van der Waals surface area contributed by atoms with Gasteiger partial charge in [0.2, 0.25) is 17.7 Å². The summed E-state index contributed by atoms with van der Waals surface area (Å²) in [6.45, 7) is 3.39. The number of nitrogens with zero attached hydrogens (tertiary/aromatic N) is 1. The van der Waals surface area contributed by atoms with Gasteiger partial charge in [-0.05, 0) is 24.3 Å². The SMILES string of the molecule is CC(C)C(N)C(=O)NCC(=O)NC(Cc1ccccc1)C(=O)NC(CCCN=C(N)N)C(=O)O. The van der Waals surface area contributed by atoms with Crippen LogP contribution in [0.25, 0.3) is 0 Å². The highest BCUT2D eigenvalue weighted by Gasteiger charge is 2.27. The number of hydrogen-bond donors (Lipinski definition) is 7. The molecule has 0 fully saturated rings. The lowest BCUT2D eigenvalue weighted by molar-refractivity contribution is -0.142. The van der Waals surface area contributed by atoms with Crippen LogP contribution in [0.1, 0.15) is 32.3 Å². The minimum Gasteiger partial charge on any atom is -0.480 e. The second-order valence-electron chi connectivity index (χ2n) is 8.15. The number of nitrogens with one attached hydrogen (secondary N) is 3. The van der Waals surface area contributed by atoms with Crippen LogP contribution in [0.15, 0.2) is 35.3 Å². The number of rotatable bonds is 14. The smallest absolute Gasteiger partial charge is 0.326 e. The second-order valence-corrected chi connectivity index (χ2v) is 8.15. The Morgan fingerprint density at radius 3 is 2.21 bits per heavy atom. The Morgan fingerprint density at radius 2 is 1.65 bits per heavy atom. The molecule has 10 N–H and O–H groups in total. The molecule has 3 atom stereocenters. The van der Waals surface area contributed by atoms with E-state index in [0.29, 0.717) is 6.42 Å². The average Bonchev–Trinajstić information content (AvgIpc) is 2.78. The molecule has 0 saturated carbocycles. The highest BCUT2D eigenvalue weighted by Crippen LogP contribution is 2.06. The van der Waals surface area contributed by atoms with E-state index in [1.807, 2.05) is 6.07 Å². The van der Waals surface area contributed by atoms with Gasteiger partial charge in [0, 0.05) is 13.0 Å². The molecule has 0 saturated heterocycles. The Hall–Kier alpha value is -3.67. The van der Waals surface area contributed by atoms with Gasteiger partial charge in [-0.1, -0.05) is 44.2 Å². The molecule has 0 radical (unpaired) electrons. The molecule has 0 aliphatic rings. The van der Waals surface area contributed by atoms with E-state index in [9.17, 15) is 24.3 Å². The van der Waals surface area contributed by atoms with Crippen LogP contribution < -0.4 is 33.2 Å². The van der Waals surface area contributed by atoms with Crippen molar-refractivity contribution in [2.75, 3.05) is 13.1 Å². The molecular weight excluding hydrogens is 442 g/mol. The number of carboxylic acid groups (broad SMARTS) is 1. The van der Waals surface area contributed by atoms with E-state index in [0.717, 1.165) is 5.56 Å². The first-order valence-electron chi connectivity index (χ1n) is 11.0. The molecule has 188 valence electrons. The third kappa shape index (κ3) is 10.8. The Balaban J connectivity index is 2.84. The van der Waals surface area contributed by atoms with Gasteiger partial charge in [-0.25, -0.2) is 4.79 Å². The molecular formula is C22H35N7O5. The van der Waals surface area contributed by atoms with Crippen LogP contribution in [0.4, 0.5) is 0 Å². The van der Waals surface area contributed by atoms with E-state index in [4.69, 9.17) is 17.2 Å². The molecule has 1 rings (SSSR count). The minimum atomic E-state index is -1.22. The highest BCUT2D eigenvalue weighted by atomic mass is 16.4. The first kappa shape index (κ1) is 28.4. The maximum Gasteiger partial charge on any atom is 0.326 e. The fourth-order valence-electron chi connectivity index (χ4n) is 2.93. The van der Waals surface area contributed by atoms with E-state index in [-0.39, 0.29) is 37.8 Å². The van der Waals surface area contributed by atoms with Crippen LogP contribution in [0.2, 0.25) is 0 Å². The summed E-state index contributed by atoms with van der Waals surface area (Å²) >= 11 is 0. The number of carboxylic acids is 1. The summed E-state index contributed by atoms with van der Waals surface area (Å²) in [7, 11) is 0. The van der Waals surface area contributed by atoms with Crippen molar-refractivity contribution >= 4 is 29.7 Å². The summed E-state index contributed by atoms with van der Waals surface area (Å²) in [6.07, 6.45) is 0.540. The van der Waals surface area contributed by atoms with Gasteiger partial charge in [-0.15, -0.1) is 0 Å². The normalized spacial score (nSPS) is 13.3. The Bertz CT molecular complexity index is 856. The zero-order chi connectivity index (χ0) is 25.7. The van der Waals surface area contributed by atoms with Crippen molar-refractivity contribution in [2.24, 2.45) is 28.1 Å². The summed E-state index contributed by atoms with van der Waals surface area (Å²) in [5.74, 6) is -3.21. The molecule has 1 aromatic carbocycles. The number of carbonyl (C=O) groups is 4. The zero-order valence-corrected chi connectivity index (χ0v) is 19.5. The molecule has 1 aromatic rings. The number of carbonyl (C=O) groups excluding carboxylic acids is 3. The zero-order valence-electron chi connectivity index (χ0n) is 19.5. The topological polar surface area (TPSA) is 215 Å². The van der Waals surface area contributed by atoms with Crippen LogP contribution in [0.5, 0.6) is 0 Å². The molecule has 0 aliphatic carbocycles. The van der Waals surface area contributed by atoms with Crippen LogP contribution in [-0.2, 0) is 25.6 Å². The van der Waals surface area contributed by atoms with Gasteiger partial charge < -0.3 is 38.3 Å². The fraction of sp³-hybridized carbons (Fsp3) is 0.500. The summed E-state index contributed by atoms with van der Waals surface area (Å²) in [5.41, 5.74) is 17.0. The lowest BCUT2D eigenvalue weighted by atomic mass is 10.0. The van der Waals surface area contributed by atoms with Crippen LogP contribution in [0, 0.1) is 5.92 Å². The molecule has 0 bridgehead atoms. The van der Waals surface area contributed by atoms with E-state index >= 15 is 0 Å². The molecule has 12 heteroatoms. The molecule has 0 heterocycles. The van der Waals surface area contributed by atoms with Crippen molar-refractivity contribution < 1.29 is 24.3 Å². The van der Waals surface area contributed by atoms with Crippen molar-refractivity contribution in [3.63, 3.8) is 0 Å². The first-order chi connectivity index (χ1) is 16.0. The van der Waals surface area contributed by atoms with E-state index in [1.54, 1.807) is 38.1 Å². The number of aliphatic imine (C=N–C) groups is 1. The second kappa shape index (κ2) is 14.5. The number of benzene rings is 1. The summed E-state index contributed by atoms with van der Waals surface area (Å²) < 4.78 is 0. The van der Waals surface area contributed by atoms with Gasteiger partial charge in [-0.2, -0.15) is 0 Å². The summed E-state index contributed by atoms with van der Waals surface area (Å²) in [4.78, 5) is 52.8. The Morgan fingerprint density at radius 1 is 1.00 bits per heavy atom. The molecule has 3 unspecified atom stereocenters. The third-order valence-electron chi connectivity index (χ3n) is 4.94. The summed E-state index contributed by atoms with van der Waals surface area (Å²) in [5, 5.41) is 16.9. The van der Waals surface area contributed by atoms with Crippen molar-refractivity contribution in [1.29, 1.82) is 0 Å². The van der Waals surface area contributed by atoms with Gasteiger partial charge in [-0.3, -0.25) is 19.4 Å². The maximum absolute atomic E-state index is 12.9. The van der Waals surface area contributed by atoms with Crippen molar-refractivity contribution in [3.05, 3.63) is 35.9 Å². The quantitative estimate of drug-likeness (QED) is 0.0942. The highest BCUT2D eigenvalue weighted by molar-refractivity contribution is 5.92.